The van der Waals surface area contributed by atoms with Gasteiger partial charge < -0.3 is 14.4 Å². The smallest absolute Gasteiger partial charge is 0.308 e. The second kappa shape index (κ2) is 10.1. The predicted octanol–water partition coefficient (Wildman–Crippen LogP) is 4.65. The van der Waals surface area contributed by atoms with Crippen LogP contribution in [0.15, 0.2) is 15.5 Å². The number of carbonyl (C=O) groups excluding carboxylic acids is 1. The number of aromatic nitrogens is 1. The number of esters is 1. The Morgan fingerprint density at radius 3 is 2.59 bits per heavy atom. The van der Waals surface area contributed by atoms with Gasteiger partial charge in [0.25, 0.3) is 0 Å². The van der Waals surface area contributed by atoms with Crippen LogP contribution >= 0.6 is 15.9 Å². The summed E-state index contributed by atoms with van der Waals surface area (Å²) < 4.78 is 12.4. The average Bonchev–Trinajstić information content (AvgIpc) is 2.64. The third-order valence-corrected chi connectivity index (χ3v) is 5.22. The van der Waals surface area contributed by atoms with Crippen molar-refractivity contribution in [1.82, 2.24) is 9.88 Å². The molecular weight excluding hydrogens is 410 g/mol. The largest absolute Gasteiger partial charge is 0.474 e. The van der Waals surface area contributed by atoms with Crippen molar-refractivity contribution in [1.29, 1.82) is 0 Å². The van der Waals surface area contributed by atoms with Gasteiger partial charge in [-0.05, 0) is 61.5 Å². The Morgan fingerprint density at radius 1 is 1.37 bits per heavy atom. The van der Waals surface area contributed by atoms with Crippen LogP contribution in [0.4, 0.5) is 5.69 Å². The van der Waals surface area contributed by atoms with E-state index in [0.29, 0.717) is 5.88 Å². The maximum Gasteiger partial charge on any atom is 0.308 e. The number of aliphatic imine (C=N–C) groups is 1. The summed E-state index contributed by atoms with van der Waals surface area (Å²) in [6.07, 6.45) is 5.25. The van der Waals surface area contributed by atoms with Gasteiger partial charge in [-0.1, -0.05) is 13.8 Å². The van der Waals surface area contributed by atoms with Crippen LogP contribution in [0.2, 0.25) is 0 Å². The number of nitrogens with zero attached hydrogens (tertiary/aromatic N) is 3. The van der Waals surface area contributed by atoms with Crippen LogP contribution in [0.1, 0.15) is 52.1 Å². The van der Waals surface area contributed by atoms with Gasteiger partial charge in [-0.3, -0.25) is 4.79 Å². The van der Waals surface area contributed by atoms with Crippen molar-refractivity contribution in [3.05, 3.63) is 16.2 Å². The van der Waals surface area contributed by atoms with E-state index in [-0.39, 0.29) is 24.1 Å². The topological polar surface area (TPSA) is 64.0 Å². The standard InChI is InChI=1S/C20H30BrN3O3/c1-6-24(5)12-22-18-11-17(21)19(23-14(18)4)26-15-7-9-16(10-8-15)27-20(25)13(2)3/h11-13,15-16H,6-10H2,1-5H3. The molecule has 0 amide bonds. The summed E-state index contributed by atoms with van der Waals surface area (Å²) in [7, 11) is 1.98. The highest BCUT2D eigenvalue weighted by molar-refractivity contribution is 9.10. The van der Waals surface area contributed by atoms with Crippen LogP contribution in [-0.2, 0) is 9.53 Å². The summed E-state index contributed by atoms with van der Waals surface area (Å²) in [6, 6.07) is 1.94. The zero-order valence-corrected chi connectivity index (χ0v) is 18.5. The molecule has 0 unspecified atom stereocenters. The molecule has 0 radical (unpaired) electrons. The lowest BCUT2D eigenvalue weighted by molar-refractivity contribution is -0.155. The first-order valence-electron chi connectivity index (χ1n) is 9.58. The summed E-state index contributed by atoms with van der Waals surface area (Å²) in [5, 5.41) is 0. The lowest BCUT2D eigenvalue weighted by atomic mass is 9.95. The number of aryl methyl sites for hydroxylation is 1. The minimum atomic E-state index is -0.121. The molecule has 1 aromatic rings. The molecule has 1 fully saturated rings. The predicted molar refractivity (Wildman–Crippen MR) is 111 cm³/mol. The molecule has 0 N–H and O–H groups in total. The quantitative estimate of drug-likeness (QED) is 0.351. The van der Waals surface area contributed by atoms with Gasteiger partial charge >= 0.3 is 5.97 Å². The molecule has 1 heterocycles. The van der Waals surface area contributed by atoms with E-state index >= 15 is 0 Å². The van der Waals surface area contributed by atoms with E-state index in [2.05, 4.69) is 32.8 Å². The van der Waals surface area contributed by atoms with Gasteiger partial charge in [-0.2, -0.15) is 0 Å². The second-order valence-corrected chi connectivity index (χ2v) is 8.16. The highest BCUT2D eigenvalue weighted by atomic mass is 79.9. The molecule has 150 valence electrons. The average molecular weight is 440 g/mol. The van der Waals surface area contributed by atoms with Gasteiger partial charge in [-0.25, -0.2) is 9.98 Å². The Labute approximate surface area is 170 Å². The highest BCUT2D eigenvalue weighted by Crippen LogP contribution is 2.32. The lowest BCUT2D eigenvalue weighted by Gasteiger charge is -2.29. The minimum Gasteiger partial charge on any atom is -0.474 e. The van der Waals surface area contributed by atoms with Crippen molar-refractivity contribution in [3.8, 4) is 5.88 Å². The zero-order chi connectivity index (χ0) is 20.0. The molecule has 1 aliphatic rings. The molecule has 2 rings (SSSR count). The van der Waals surface area contributed by atoms with Crippen LogP contribution < -0.4 is 4.74 Å². The molecule has 7 heteroatoms. The minimum absolute atomic E-state index is 0.00477. The number of rotatable bonds is 7. The Balaban J connectivity index is 1.94. The Bertz CT molecular complexity index is 671. The fourth-order valence-electron chi connectivity index (χ4n) is 2.73. The maximum atomic E-state index is 11.7. The number of carbonyl (C=O) groups is 1. The van der Waals surface area contributed by atoms with Gasteiger partial charge in [0.2, 0.25) is 5.88 Å². The third kappa shape index (κ3) is 6.48. The summed E-state index contributed by atoms with van der Waals surface area (Å²) in [4.78, 5) is 22.8. The van der Waals surface area contributed by atoms with E-state index in [1.165, 1.54) is 0 Å². The monoisotopic (exact) mass is 439 g/mol. The van der Waals surface area contributed by atoms with Crippen LogP contribution in [0, 0.1) is 12.8 Å². The normalized spacial score (nSPS) is 20.1. The van der Waals surface area contributed by atoms with Crippen molar-refractivity contribution < 1.29 is 14.3 Å². The van der Waals surface area contributed by atoms with Crippen LogP contribution in [0.5, 0.6) is 5.88 Å². The highest BCUT2D eigenvalue weighted by Gasteiger charge is 2.26. The Hall–Kier alpha value is -1.63. The van der Waals surface area contributed by atoms with E-state index in [1.54, 1.807) is 6.34 Å². The number of hydrogen-bond donors (Lipinski definition) is 0. The summed E-state index contributed by atoms with van der Waals surface area (Å²) in [5.74, 6) is 0.391. The SMILES string of the molecule is CCN(C)C=Nc1cc(Br)c(OC2CCC(OC(=O)C(C)C)CC2)nc1C. The number of pyridine rings is 1. The fraction of sp³-hybridized carbons (Fsp3) is 0.650. The molecule has 6 nitrogen and oxygen atoms in total. The van der Waals surface area contributed by atoms with E-state index in [1.807, 2.05) is 38.8 Å². The van der Waals surface area contributed by atoms with E-state index in [4.69, 9.17) is 9.47 Å². The van der Waals surface area contributed by atoms with Gasteiger partial charge in [0.05, 0.1) is 28.1 Å². The summed E-state index contributed by atoms with van der Waals surface area (Å²) in [6.45, 7) is 8.61. The van der Waals surface area contributed by atoms with Crippen molar-refractivity contribution in [2.75, 3.05) is 13.6 Å². The van der Waals surface area contributed by atoms with Crippen LogP contribution in [0.25, 0.3) is 0 Å². The van der Waals surface area contributed by atoms with E-state index < -0.39 is 0 Å². The second-order valence-electron chi connectivity index (χ2n) is 7.31. The summed E-state index contributed by atoms with van der Waals surface area (Å²) >= 11 is 3.55. The molecular formula is C20H30BrN3O3. The fourth-order valence-corrected chi connectivity index (χ4v) is 3.13. The Kier molecular flexibility index (Phi) is 8.07. The van der Waals surface area contributed by atoms with E-state index in [9.17, 15) is 4.79 Å². The molecule has 0 spiro atoms. The number of ether oxygens (including phenoxy) is 2. The van der Waals surface area contributed by atoms with Gasteiger partial charge in [0.1, 0.15) is 12.2 Å². The van der Waals surface area contributed by atoms with Crippen LogP contribution in [-0.4, -0.2) is 48.0 Å². The van der Waals surface area contributed by atoms with E-state index in [0.717, 1.165) is 48.1 Å². The molecule has 1 saturated carbocycles. The zero-order valence-electron chi connectivity index (χ0n) is 16.9. The maximum absolute atomic E-state index is 11.7. The molecule has 0 bridgehead atoms. The van der Waals surface area contributed by atoms with Crippen molar-refractivity contribution in [2.45, 2.75) is 65.6 Å². The first kappa shape index (κ1) is 21.7. The van der Waals surface area contributed by atoms with Crippen LogP contribution in [0.3, 0.4) is 0 Å². The molecule has 0 aliphatic heterocycles. The third-order valence-electron chi connectivity index (χ3n) is 4.65. The lowest BCUT2D eigenvalue weighted by Crippen LogP contribution is -2.31. The molecule has 1 aromatic heterocycles. The molecule has 0 saturated heterocycles. The first-order chi connectivity index (χ1) is 12.8. The number of halogens is 1. The first-order valence-corrected chi connectivity index (χ1v) is 10.4. The van der Waals surface area contributed by atoms with Gasteiger partial charge in [0, 0.05) is 13.6 Å². The van der Waals surface area contributed by atoms with Gasteiger partial charge in [-0.15, -0.1) is 0 Å². The van der Waals surface area contributed by atoms with Crippen molar-refractivity contribution in [2.24, 2.45) is 10.9 Å². The molecule has 0 atom stereocenters. The van der Waals surface area contributed by atoms with Gasteiger partial charge in [0.15, 0.2) is 0 Å². The number of hydrogen-bond acceptors (Lipinski definition) is 5. The summed E-state index contributed by atoms with van der Waals surface area (Å²) in [5.41, 5.74) is 1.65. The van der Waals surface area contributed by atoms with Crippen molar-refractivity contribution >= 4 is 33.9 Å². The molecule has 0 aromatic carbocycles. The van der Waals surface area contributed by atoms with Crippen molar-refractivity contribution in [3.63, 3.8) is 0 Å². The Morgan fingerprint density at radius 2 is 2.00 bits per heavy atom. The molecule has 27 heavy (non-hydrogen) atoms. The molecule has 1 aliphatic carbocycles.